The zero-order valence-electron chi connectivity index (χ0n) is 12.5. The zero-order valence-corrected chi connectivity index (χ0v) is 14.8. The summed E-state index contributed by atoms with van der Waals surface area (Å²) in [5.41, 5.74) is 7.62. The molecule has 0 radical (unpaired) electrons. The van der Waals surface area contributed by atoms with Crippen LogP contribution < -0.4 is 5.73 Å². The van der Waals surface area contributed by atoms with Crippen LogP contribution in [0.15, 0.2) is 22.7 Å². The molecule has 0 amide bonds. The number of nitrogens with two attached hydrogens (primary N) is 1. The zero-order chi connectivity index (χ0) is 14.9. The van der Waals surface area contributed by atoms with Gasteiger partial charge in [0, 0.05) is 28.6 Å². The second-order valence-electron chi connectivity index (χ2n) is 6.76. The highest BCUT2D eigenvalue weighted by molar-refractivity contribution is 9.10. The molecule has 2 N–H and O–H groups in total. The third kappa shape index (κ3) is 3.56. The maximum absolute atomic E-state index is 6.15. The summed E-state index contributed by atoms with van der Waals surface area (Å²) in [6.07, 6.45) is 1.25. The summed E-state index contributed by atoms with van der Waals surface area (Å²) in [4.78, 5) is 2.51. The van der Waals surface area contributed by atoms with E-state index in [1.54, 1.807) is 0 Å². The molecular weight excluding hydrogens is 336 g/mol. The molecule has 1 fully saturated rings. The Morgan fingerprint density at radius 1 is 1.45 bits per heavy atom. The Kier molecular flexibility index (Phi) is 5.17. The van der Waals surface area contributed by atoms with Gasteiger partial charge in [0.15, 0.2) is 0 Å². The minimum atomic E-state index is 0.246. The van der Waals surface area contributed by atoms with Crippen LogP contribution >= 0.6 is 27.5 Å². The Hall–Kier alpha value is -0.0900. The highest BCUT2D eigenvalue weighted by Crippen LogP contribution is 2.38. The van der Waals surface area contributed by atoms with Crippen molar-refractivity contribution in [3.63, 3.8) is 0 Å². The van der Waals surface area contributed by atoms with Crippen molar-refractivity contribution in [2.45, 2.75) is 33.2 Å². The van der Waals surface area contributed by atoms with E-state index in [1.807, 2.05) is 18.2 Å². The Morgan fingerprint density at radius 2 is 2.15 bits per heavy atom. The summed E-state index contributed by atoms with van der Waals surface area (Å²) in [5, 5.41) is 0.771. The van der Waals surface area contributed by atoms with E-state index in [1.165, 1.54) is 12.0 Å². The van der Waals surface area contributed by atoms with Crippen LogP contribution in [-0.2, 0) is 0 Å². The summed E-state index contributed by atoms with van der Waals surface area (Å²) >= 11 is 9.78. The first kappa shape index (κ1) is 16.3. The van der Waals surface area contributed by atoms with Gasteiger partial charge < -0.3 is 5.73 Å². The van der Waals surface area contributed by atoms with Gasteiger partial charge in [0.2, 0.25) is 0 Å². The molecular formula is C16H24BrClN2. The molecule has 0 saturated carbocycles. The molecule has 20 heavy (non-hydrogen) atoms. The summed E-state index contributed by atoms with van der Waals surface area (Å²) in [7, 11) is 0. The average molecular weight is 360 g/mol. The average Bonchev–Trinajstić information content (AvgIpc) is 2.84. The van der Waals surface area contributed by atoms with Crippen LogP contribution in [0.1, 0.15) is 38.8 Å². The van der Waals surface area contributed by atoms with Crippen molar-refractivity contribution in [3.05, 3.63) is 33.3 Å². The van der Waals surface area contributed by atoms with Crippen molar-refractivity contribution in [2.24, 2.45) is 17.1 Å². The van der Waals surface area contributed by atoms with Gasteiger partial charge in [-0.3, -0.25) is 4.90 Å². The number of hydrogen-bond donors (Lipinski definition) is 1. The summed E-state index contributed by atoms with van der Waals surface area (Å²) in [5.74, 6) is 0.731. The van der Waals surface area contributed by atoms with Crippen LogP contribution in [0.3, 0.4) is 0 Å². The van der Waals surface area contributed by atoms with Gasteiger partial charge in [-0.05, 0) is 48.1 Å². The molecule has 2 unspecified atom stereocenters. The second kappa shape index (κ2) is 6.35. The van der Waals surface area contributed by atoms with Gasteiger partial charge in [0.1, 0.15) is 0 Å². The monoisotopic (exact) mass is 358 g/mol. The van der Waals surface area contributed by atoms with Gasteiger partial charge >= 0.3 is 0 Å². The summed E-state index contributed by atoms with van der Waals surface area (Å²) in [6.45, 7) is 9.83. The van der Waals surface area contributed by atoms with Crippen LogP contribution in [0.2, 0.25) is 5.02 Å². The molecule has 2 nitrogen and oxygen atoms in total. The van der Waals surface area contributed by atoms with Gasteiger partial charge in [0.05, 0.1) is 0 Å². The first-order valence-electron chi connectivity index (χ1n) is 7.22. The third-order valence-corrected chi connectivity index (χ3v) is 5.38. The molecule has 0 bridgehead atoms. The lowest BCUT2D eigenvalue weighted by molar-refractivity contribution is 0.197. The van der Waals surface area contributed by atoms with Crippen molar-refractivity contribution in [2.75, 3.05) is 19.6 Å². The molecule has 2 atom stereocenters. The normalized spacial score (nSPS) is 22.2. The molecule has 0 aromatic heterocycles. The predicted molar refractivity (Wildman–Crippen MR) is 90.1 cm³/mol. The molecule has 2 rings (SSSR count). The minimum Gasteiger partial charge on any atom is -0.329 e. The second-order valence-corrected chi connectivity index (χ2v) is 8.05. The van der Waals surface area contributed by atoms with Gasteiger partial charge in [-0.15, -0.1) is 0 Å². The molecule has 112 valence electrons. The SMILES string of the molecule is CC(C)(C)C1CCN(C(CN)c2cc(Cl)ccc2Br)C1. The maximum atomic E-state index is 6.15. The molecule has 0 aliphatic carbocycles. The lowest BCUT2D eigenvalue weighted by Crippen LogP contribution is -2.33. The Bertz CT molecular complexity index is 470. The number of rotatable bonds is 3. The van der Waals surface area contributed by atoms with Crippen molar-refractivity contribution in [3.8, 4) is 0 Å². The fraction of sp³-hybridized carbons (Fsp3) is 0.625. The molecule has 1 saturated heterocycles. The Balaban J connectivity index is 2.20. The topological polar surface area (TPSA) is 29.3 Å². The van der Waals surface area contributed by atoms with E-state index in [-0.39, 0.29) is 6.04 Å². The van der Waals surface area contributed by atoms with Gasteiger partial charge in [0.25, 0.3) is 0 Å². The highest BCUT2D eigenvalue weighted by atomic mass is 79.9. The predicted octanol–water partition coefficient (Wildman–Crippen LogP) is 4.47. The van der Waals surface area contributed by atoms with Crippen molar-refractivity contribution < 1.29 is 0 Å². The first-order valence-corrected chi connectivity index (χ1v) is 8.39. The van der Waals surface area contributed by atoms with E-state index >= 15 is 0 Å². The van der Waals surface area contributed by atoms with Crippen LogP contribution in [0.5, 0.6) is 0 Å². The summed E-state index contributed by atoms with van der Waals surface area (Å²) in [6, 6.07) is 6.20. The van der Waals surface area contributed by atoms with Crippen LogP contribution in [0, 0.1) is 11.3 Å². The fourth-order valence-corrected chi connectivity index (χ4v) is 3.71. The van der Waals surface area contributed by atoms with E-state index in [0.717, 1.165) is 28.5 Å². The lowest BCUT2D eigenvalue weighted by atomic mass is 9.80. The van der Waals surface area contributed by atoms with Crippen LogP contribution in [-0.4, -0.2) is 24.5 Å². The van der Waals surface area contributed by atoms with E-state index < -0.39 is 0 Å². The van der Waals surface area contributed by atoms with Crippen molar-refractivity contribution in [1.29, 1.82) is 0 Å². The number of hydrogen-bond acceptors (Lipinski definition) is 2. The van der Waals surface area contributed by atoms with Crippen molar-refractivity contribution in [1.82, 2.24) is 4.90 Å². The molecule has 1 heterocycles. The molecule has 1 aliphatic heterocycles. The molecule has 0 spiro atoms. The standard InChI is InChI=1S/C16H24BrClN2/c1-16(2,3)11-6-7-20(10-11)15(9-19)13-8-12(18)4-5-14(13)17/h4-5,8,11,15H,6-7,9-10,19H2,1-3H3. The third-order valence-electron chi connectivity index (χ3n) is 4.43. The molecule has 4 heteroatoms. The smallest absolute Gasteiger partial charge is 0.0482 e. The number of likely N-dealkylation sites (tertiary alicyclic amines) is 1. The Labute approximate surface area is 135 Å². The van der Waals surface area contributed by atoms with E-state index in [2.05, 4.69) is 41.6 Å². The number of benzene rings is 1. The van der Waals surface area contributed by atoms with E-state index in [4.69, 9.17) is 17.3 Å². The van der Waals surface area contributed by atoms with Crippen molar-refractivity contribution >= 4 is 27.5 Å². The molecule has 1 aromatic carbocycles. The van der Waals surface area contributed by atoms with E-state index in [9.17, 15) is 0 Å². The summed E-state index contributed by atoms with van der Waals surface area (Å²) < 4.78 is 1.09. The quantitative estimate of drug-likeness (QED) is 0.862. The fourth-order valence-electron chi connectivity index (χ4n) is 3.02. The van der Waals surface area contributed by atoms with Gasteiger partial charge in [-0.2, -0.15) is 0 Å². The first-order chi connectivity index (χ1) is 9.32. The largest absolute Gasteiger partial charge is 0.329 e. The highest BCUT2D eigenvalue weighted by Gasteiger charge is 2.35. The van der Waals surface area contributed by atoms with Gasteiger partial charge in [-0.25, -0.2) is 0 Å². The number of nitrogens with zero attached hydrogens (tertiary/aromatic N) is 1. The molecule has 1 aromatic rings. The number of halogens is 2. The van der Waals surface area contributed by atoms with Crippen LogP contribution in [0.4, 0.5) is 0 Å². The van der Waals surface area contributed by atoms with E-state index in [0.29, 0.717) is 12.0 Å². The van der Waals surface area contributed by atoms with Gasteiger partial charge in [-0.1, -0.05) is 48.3 Å². The van der Waals surface area contributed by atoms with Crippen LogP contribution in [0.25, 0.3) is 0 Å². The lowest BCUT2D eigenvalue weighted by Gasteiger charge is -2.31. The minimum absolute atomic E-state index is 0.246. The molecule has 1 aliphatic rings. The maximum Gasteiger partial charge on any atom is 0.0482 e. The Morgan fingerprint density at radius 3 is 2.70 bits per heavy atom.